The number of amides is 2. The van der Waals surface area contributed by atoms with Crippen molar-refractivity contribution in [3.05, 3.63) is 78.5 Å². The summed E-state index contributed by atoms with van der Waals surface area (Å²) in [6, 6.07) is 19.7. The summed E-state index contributed by atoms with van der Waals surface area (Å²) in [5, 5.41) is 0.629. The maximum absolute atomic E-state index is 12.9. The number of anilines is 1. The van der Waals surface area contributed by atoms with Gasteiger partial charge in [-0.15, -0.1) is 0 Å². The highest BCUT2D eigenvalue weighted by Crippen LogP contribution is 2.37. The maximum Gasteiger partial charge on any atom is 0.332 e. The Kier molecular flexibility index (Phi) is 9.69. The third-order valence-corrected chi connectivity index (χ3v) is 6.90. The van der Waals surface area contributed by atoms with E-state index in [9.17, 15) is 9.59 Å². The van der Waals surface area contributed by atoms with Crippen molar-refractivity contribution in [3.63, 3.8) is 0 Å². The molecule has 9 nitrogen and oxygen atoms in total. The lowest BCUT2D eigenvalue weighted by Gasteiger charge is -2.21. The Morgan fingerprint density at radius 3 is 2.27 bits per heavy atom. The van der Waals surface area contributed by atoms with Crippen LogP contribution in [0.1, 0.15) is 18.9 Å². The molecule has 0 bridgehead atoms. The summed E-state index contributed by atoms with van der Waals surface area (Å²) >= 11 is 0.796. The molecule has 0 spiro atoms. The number of pyridine rings is 1. The Labute approximate surface area is 237 Å². The van der Waals surface area contributed by atoms with Gasteiger partial charge in [-0.1, -0.05) is 18.2 Å². The normalized spacial score (nSPS) is 10.6. The first kappa shape index (κ1) is 28.6. The number of carbonyl (C=O) groups is 2. The van der Waals surface area contributed by atoms with Gasteiger partial charge in [0.25, 0.3) is 0 Å². The number of aryl methyl sites for hydroxylation is 1. The molecule has 0 aliphatic carbocycles. The fourth-order valence-corrected chi connectivity index (χ4v) is 4.67. The number of hydrogen-bond acceptors (Lipinski definition) is 8. The number of ether oxygens (including phenoxy) is 4. The second kappa shape index (κ2) is 13.6. The zero-order chi connectivity index (χ0) is 28.5. The number of urea groups is 1. The molecular weight excluding hydrogens is 530 g/mol. The molecule has 4 rings (SSSR count). The fourth-order valence-electron chi connectivity index (χ4n) is 4.15. The summed E-state index contributed by atoms with van der Waals surface area (Å²) < 4.78 is 24.9. The molecule has 2 amide bonds. The quantitative estimate of drug-likeness (QED) is 0.222. The van der Waals surface area contributed by atoms with Gasteiger partial charge in [0.1, 0.15) is 17.2 Å². The van der Waals surface area contributed by atoms with E-state index in [0.29, 0.717) is 47.2 Å². The van der Waals surface area contributed by atoms with Gasteiger partial charge in [0.2, 0.25) is 5.12 Å². The molecule has 0 fully saturated rings. The molecule has 40 heavy (non-hydrogen) atoms. The van der Waals surface area contributed by atoms with Gasteiger partial charge in [-0.2, -0.15) is 0 Å². The van der Waals surface area contributed by atoms with Gasteiger partial charge in [0, 0.05) is 48.3 Å². The van der Waals surface area contributed by atoms with E-state index >= 15 is 0 Å². The molecule has 10 heteroatoms. The molecule has 1 N–H and O–H groups in total. The minimum atomic E-state index is -0.381. The Morgan fingerprint density at radius 2 is 1.57 bits per heavy atom. The van der Waals surface area contributed by atoms with E-state index < -0.39 is 0 Å². The molecule has 0 atom stereocenters. The van der Waals surface area contributed by atoms with Crippen molar-refractivity contribution in [2.75, 3.05) is 32.8 Å². The van der Waals surface area contributed by atoms with E-state index in [1.165, 1.54) is 0 Å². The van der Waals surface area contributed by atoms with Crippen LogP contribution in [-0.2, 0) is 11.2 Å². The highest BCUT2D eigenvalue weighted by molar-refractivity contribution is 8.12. The van der Waals surface area contributed by atoms with Crippen LogP contribution in [0.3, 0.4) is 0 Å². The van der Waals surface area contributed by atoms with Crippen LogP contribution in [0.15, 0.2) is 72.9 Å². The Balaban J connectivity index is 1.37. The van der Waals surface area contributed by atoms with Crippen molar-refractivity contribution >= 4 is 39.7 Å². The number of aromatic nitrogens is 1. The van der Waals surface area contributed by atoms with Crippen molar-refractivity contribution in [1.82, 2.24) is 9.71 Å². The minimum Gasteiger partial charge on any atom is -0.496 e. The second-order valence-electron chi connectivity index (χ2n) is 8.57. The monoisotopic (exact) mass is 561 g/mol. The third kappa shape index (κ3) is 6.76. The van der Waals surface area contributed by atoms with Crippen LogP contribution in [0.2, 0.25) is 0 Å². The second-order valence-corrected chi connectivity index (χ2v) is 9.43. The first-order valence-corrected chi connectivity index (χ1v) is 13.5. The summed E-state index contributed by atoms with van der Waals surface area (Å²) in [7, 11) is 4.75. The molecule has 1 heterocycles. The van der Waals surface area contributed by atoms with E-state index in [0.717, 1.165) is 28.6 Å². The summed E-state index contributed by atoms with van der Waals surface area (Å²) in [6.07, 6.45) is 2.46. The van der Waals surface area contributed by atoms with E-state index in [-0.39, 0.29) is 17.6 Å². The van der Waals surface area contributed by atoms with Crippen LogP contribution in [0, 0.1) is 0 Å². The Hall–Kier alpha value is -4.44. The van der Waals surface area contributed by atoms with Gasteiger partial charge < -0.3 is 18.9 Å². The predicted octanol–water partition coefficient (Wildman–Crippen LogP) is 6.40. The fraction of sp³-hybridized carbons (Fsp3) is 0.233. The number of methoxy groups -OCH3 is 3. The van der Waals surface area contributed by atoms with Gasteiger partial charge in [-0.25, -0.2) is 4.79 Å². The first-order chi connectivity index (χ1) is 19.5. The van der Waals surface area contributed by atoms with E-state index in [1.54, 1.807) is 68.8 Å². The molecule has 0 aliphatic rings. The SMILES string of the molecule is CCN(C(=O)NSC(=O)CCc1ccccc1OC)c1ccc(Oc2ccnc3cc(OC)c(OC)cc23)cc1. The number of carbonyl (C=O) groups excluding carboxylic acids is 2. The number of nitrogens with one attached hydrogen (secondary N) is 1. The molecule has 4 aromatic rings. The lowest BCUT2D eigenvalue weighted by molar-refractivity contribution is -0.111. The van der Waals surface area contributed by atoms with Crippen molar-refractivity contribution < 1.29 is 28.5 Å². The van der Waals surface area contributed by atoms with Crippen molar-refractivity contribution in [2.24, 2.45) is 0 Å². The van der Waals surface area contributed by atoms with Crippen LogP contribution in [0.25, 0.3) is 10.9 Å². The van der Waals surface area contributed by atoms with Crippen molar-refractivity contribution in [1.29, 1.82) is 0 Å². The Morgan fingerprint density at radius 1 is 0.875 bits per heavy atom. The van der Waals surface area contributed by atoms with E-state index in [2.05, 4.69) is 9.71 Å². The molecule has 0 saturated heterocycles. The molecular formula is C30H31N3O6S. The Bertz CT molecular complexity index is 1480. The summed E-state index contributed by atoms with van der Waals surface area (Å²) in [5.41, 5.74) is 2.32. The van der Waals surface area contributed by atoms with Crippen molar-refractivity contribution in [3.8, 4) is 28.7 Å². The average molecular weight is 562 g/mol. The number of nitrogens with zero attached hydrogens (tertiary/aromatic N) is 2. The van der Waals surface area contributed by atoms with Crippen LogP contribution in [0.5, 0.6) is 28.7 Å². The van der Waals surface area contributed by atoms with Gasteiger partial charge in [0.15, 0.2) is 11.5 Å². The maximum atomic E-state index is 12.9. The minimum absolute atomic E-state index is 0.141. The van der Waals surface area contributed by atoms with E-state index in [4.69, 9.17) is 18.9 Å². The lowest BCUT2D eigenvalue weighted by atomic mass is 10.1. The predicted molar refractivity (Wildman–Crippen MR) is 157 cm³/mol. The van der Waals surface area contributed by atoms with Gasteiger partial charge in [-0.3, -0.25) is 19.4 Å². The first-order valence-electron chi connectivity index (χ1n) is 12.6. The molecule has 208 valence electrons. The number of benzene rings is 3. The van der Waals surface area contributed by atoms with Crippen LogP contribution >= 0.6 is 11.9 Å². The van der Waals surface area contributed by atoms with Crippen LogP contribution in [0.4, 0.5) is 10.5 Å². The number of hydrogen-bond donors (Lipinski definition) is 1. The molecule has 1 aromatic heterocycles. The van der Waals surface area contributed by atoms with E-state index in [1.807, 2.05) is 37.3 Å². The van der Waals surface area contributed by atoms with Gasteiger partial charge in [-0.05, 0) is 61.4 Å². The molecule has 0 radical (unpaired) electrons. The largest absolute Gasteiger partial charge is 0.496 e. The van der Waals surface area contributed by atoms with Crippen LogP contribution < -0.4 is 28.6 Å². The van der Waals surface area contributed by atoms with Crippen LogP contribution in [-0.4, -0.2) is 44.0 Å². The smallest absolute Gasteiger partial charge is 0.332 e. The molecule has 0 aliphatic heterocycles. The number of fused-ring (bicyclic) bond motifs is 1. The third-order valence-electron chi connectivity index (χ3n) is 6.19. The summed E-state index contributed by atoms with van der Waals surface area (Å²) in [6.45, 7) is 2.28. The zero-order valence-corrected chi connectivity index (χ0v) is 23.6. The summed E-state index contributed by atoms with van der Waals surface area (Å²) in [4.78, 5) is 31.2. The number of para-hydroxylation sites is 1. The molecule has 0 saturated carbocycles. The number of rotatable bonds is 10. The standard InChI is InChI=1S/C30H31N3O6S/c1-5-33(30(35)32-40-29(34)15-10-20-8-6-7-9-25(20)36-2)21-11-13-22(14-12-21)39-26-16-17-31-24-19-28(38-4)27(37-3)18-23(24)26/h6-9,11-14,16-19H,5,10,15H2,1-4H3,(H,32,35). The average Bonchev–Trinajstić information content (AvgIpc) is 2.99. The highest BCUT2D eigenvalue weighted by atomic mass is 32.2. The topological polar surface area (TPSA) is 99.2 Å². The van der Waals surface area contributed by atoms with Gasteiger partial charge in [0.05, 0.1) is 26.8 Å². The molecule has 0 unspecified atom stereocenters. The zero-order valence-electron chi connectivity index (χ0n) is 22.8. The van der Waals surface area contributed by atoms with Gasteiger partial charge >= 0.3 is 6.03 Å². The lowest BCUT2D eigenvalue weighted by Crippen LogP contribution is -2.37. The summed E-state index contributed by atoms with van der Waals surface area (Å²) in [5.74, 6) is 3.09. The van der Waals surface area contributed by atoms with Crippen molar-refractivity contribution in [2.45, 2.75) is 19.8 Å². The highest BCUT2D eigenvalue weighted by Gasteiger charge is 2.17. The molecule has 3 aromatic carbocycles.